The van der Waals surface area contributed by atoms with Gasteiger partial charge in [0.15, 0.2) is 0 Å². The first kappa shape index (κ1) is 30.8. The summed E-state index contributed by atoms with van der Waals surface area (Å²) in [6.07, 6.45) is 0. The lowest BCUT2D eigenvalue weighted by Crippen LogP contribution is -1.97. The van der Waals surface area contributed by atoms with Gasteiger partial charge >= 0.3 is 0 Å². The van der Waals surface area contributed by atoms with Crippen LogP contribution < -0.4 is 0 Å². The van der Waals surface area contributed by atoms with Crippen LogP contribution in [0.2, 0.25) is 0 Å². The minimum atomic E-state index is 0.934. The predicted octanol–water partition coefficient (Wildman–Crippen LogP) is 13.7. The third-order valence-corrected chi connectivity index (χ3v) is 10.4. The van der Waals surface area contributed by atoms with E-state index in [1.807, 2.05) is 0 Å². The van der Waals surface area contributed by atoms with Crippen molar-refractivity contribution in [3.8, 4) is 61.6 Å². The summed E-state index contributed by atoms with van der Waals surface area (Å²) in [7, 11) is 0. The topological polar surface area (TPSA) is 17.8 Å². The van der Waals surface area contributed by atoms with Crippen LogP contribution in [0.5, 0.6) is 0 Å². The Hall–Kier alpha value is -7.03. The maximum Gasteiger partial charge on any atom is 0.145 e. The molecule has 2 nitrogen and oxygen atoms in total. The number of hydrogen-bond acceptors (Lipinski definition) is 1. The van der Waals surface area contributed by atoms with E-state index in [-0.39, 0.29) is 0 Å². The molecule has 248 valence electrons. The van der Waals surface area contributed by atoms with E-state index in [1.165, 1.54) is 66.1 Å². The molecule has 0 saturated carbocycles. The molecule has 0 spiro atoms. The zero-order chi connectivity index (χ0) is 35.1. The highest BCUT2D eigenvalue weighted by molar-refractivity contribution is 6.14. The Bertz CT molecular complexity index is 2850. The average Bonchev–Trinajstić information content (AvgIpc) is 3.63. The van der Waals surface area contributed by atoms with Gasteiger partial charge in [0.25, 0.3) is 0 Å². The van der Waals surface area contributed by atoms with E-state index >= 15 is 0 Å². The van der Waals surface area contributed by atoms with Crippen molar-refractivity contribution in [1.82, 2.24) is 9.55 Å². The average molecular weight is 675 g/mol. The fourth-order valence-electron chi connectivity index (χ4n) is 7.79. The lowest BCUT2D eigenvalue weighted by atomic mass is 9.87. The Kier molecular flexibility index (Phi) is 7.51. The fourth-order valence-corrected chi connectivity index (χ4v) is 7.79. The van der Waals surface area contributed by atoms with E-state index < -0.39 is 0 Å². The van der Waals surface area contributed by atoms with Gasteiger partial charge in [0.1, 0.15) is 5.82 Å². The van der Waals surface area contributed by atoms with Crippen molar-refractivity contribution in [3.05, 3.63) is 206 Å². The molecule has 0 radical (unpaired) electrons. The minimum Gasteiger partial charge on any atom is -0.292 e. The van der Waals surface area contributed by atoms with Gasteiger partial charge in [0.05, 0.1) is 11.0 Å². The van der Waals surface area contributed by atoms with Gasteiger partial charge in [-0.3, -0.25) is 4.57 Å². The molecule has 0 saturated heterocycles. The third kappa shape index (κ3) is 5.58. The number of aromatic nitrogens is 2. The molecule has 10 rings (SSSR count). The molecule has 0 fully saturated rings. The number of nitrogens with zero attached hydrogens (tertiary/aromatic N) is 2. The molecule has 0 atom stereocenters. The van der Waals surface area contributed by atoms with Crippen LogP contribution >= 0.6 is 0 Å². The molecule has 2 heteroatoms. The molecule has 0 amide bonds. The Morgan fingerprint density at radius 3 is 1.57 bits per heavy atom. The maximum atomic E-state index is 5.10. The molecule has 9 aromatic carbocycles. The number of imidazole rings is 1. The van der Waals surface area contributed by atoms with E-state index in [0.29, 0.717) is 0 Å². The van der Waals surface area contributed by atoms with Gasteiger partial charge in [-0.1, -0.05) is 152 Å². The second-order valence-electron chi connectivity index (χ2n) is 13.6. The number of benzene rings is 9. The fraction of sp³-hybridized carbons (Fsp3) is 0. The van der Waals surface area contributed by atoms with Crippen molar-refractivity contribution in [2.45, 2.75) is 0 Å². The summed E-state index contributed by atoms with van der Waals surface area (Å²) in [5.41, 5.74) is 13.9. The maximum absolute atomic E-state index is 5.10. The molecule has 0 N–H and O–H groups in total. The largest absolute Gasteiger partial charge is 0.292 e. The first-order valence-electron chi connectivity index (χ1n) is 18.1. The molecular formula is C51H34N2. The Morgan fingerprint density at radius 1 is 0.321 bits per heavy atom. The first-order chi connectivity index (χ1) is 26.3. The standard InChI is InChI=1S/C51H34N2/c1-4-14-35(15-5-1)42-31-43(36-16-6-2-7-17-36)33-44(32-42)50-46-21-11-10-18-40(46)30-41-29-28-39(34-47(41)50)37-24-26-38(27-25-37)51-52-48-22-12-13-23-49(48)53(51)45-19-8-3-9-20-45/h1-34H. The Labute approximate surface area is 308 Å². The summed E-state index contributed by atoms with van der Waals surface area (Å²) < 4.78 is 2.25. The number of hydrogen-bond donors (Lipinski definition) is 0. The molecule has 53 heavy (non-hydrogen) atoms. The second-order valence-corrected chi connectivity index (χ2v) is 13.6. The zero-order valence-electron chi connectivity index (χ0n) is 29.0. The van der Waals surface area contributed by atoms with E-state index in [9.17, 15) is 0 Å². The van der Waals surface area contributed by atoms with Gasteiger partial charge in [0, 0.05) is 11.3 Å². The lowest BCUT2D eigenvalue weighted by Gasteiger charge is -2.17. The third-order valence-electron chi connectivity index (χ3n) is 10.4. The highest BCUT2D eigenvalue weighted by atomic mass is 15.1. The van der Waals surface area contributed by atoms with Crippen molar-refractivity contribution in [2.75, 3.05) is 0 Å². The van der Waals surface area contributed by atoms with Crippen LogP contribution in [0, 0.1) is 0 Å². The molecule has 0 unspecified atom stereocenters. The van der Waals surface area contributed by atoms with Crippen molar-refractivity contribution in [3.63, 3.8) is 0 Å². The molecule has 0 aliphatic carbocycles. The summed E-state index contributed by atoms with van der Waals surface area (Å²) in [5.74, 6) is 0.934. The van der Waals surface area contributed by atoms with E-state index in [4.69, 9.17) is 4.98 Å². The smallest absolute Gasteiger partial charge is 0.145 e. The van der Waals surface area contributed by atoms with Gasteiger partial charge < -0.3 is 0 Å². The number of rotatable bonds is 6. The van der Waals surface area contributed by atoms with Crippen molar-refractivity contribution < 1.29 is 0 Å². The highest BCUT2D eigenvalue weighted by Gasteiger charge is 2.17. The lowest BCUT2D eigenvalue weighted by molar-refractivity contribution is 1.10. The molecule has 0 bridgehead atoms. The number of para-hydroxylation sites is 3. The van der Waals surface area contributed by atoms with Gasteiger partial charge in [0.2, 0.25) is 0 Å². The van der Waals surface area contributed by atoms with E-state index in [2.05, 4.69) is 211 Å². The summed E-state index contributed by atoms with van der Waals surface area (Å²) in [4.78, 5) is 5.10. The predicted molar refractivity (Wildman–Crippen MR) is 223 cm³/mol. The van der Waals surface area contributed by atoms with E-state index in [0.717, 1.165) is 28.1 Å². The SMILES string of the molecule is c1ccc(-c2cc(-c3ccccc3)cc(-c3c4ccccc4cc4ccc(-c5ccc(-c6nc7ccccc7n6-c6ccccc6)cc5)cc34)c2)cc1. The Balaban J connectivity index is 1.14. The monoisotopic (exact) mass is 674 g/mol. The van der Waals surface area contributed by atoms with Crippen LogP contribution in [0.25, 0.3) is 94.2 Å². The van der Waals surface area contributed by atoms with Crippen LogP contribution in [0.1, 0.15) is 0 Å². The second kappa shape index (κ2) is 12.9. The molecule has 0 aliphatic heterocycles. The summed E-state index contributed by atoms with van der Waals surface area (Å²) in [6, 6.07) is 74.2. The van der Waals surface area contributed by atoms with Crippen molar-refractivity contribution >= 4 is 32.6 Å². The van der Waals surface area contributed by atoms with Crippen molar-refractivity contribution in [2.24, 2.45) is 0 Å². The van der Waals surface area contributed by atoms with Gasteiger partial charge in [-0.2, -0.15) is 0 Å². The van der Waals surface area contributed by atoms with Crippen LogP contribution in [-0.4, -0.2) is 9.55 Å². The molecule has 10 aromatic rings. The van der Waals surface area contributed by atoms with Gasteiger partial charge in [-0.15, -0.1) is 0 Å². The highest BCUT2D eigenvalue weighted by Crippen LogP contribution is 2.42. The first-order valence-corrected chi connectivity index (χ1v) is 18.1. The van der Waals surface area contributed by atoms with Crippen LogP contribution in [0.15, 0.2) is 206 Å². The molecule has 1 aromatic heterocycles. The van der Waals surface area contributed by atoms with Crippen LogP contribution in [-0.2, 0) is 0 Å². The summed E-state index contributed by atoms with van der Waals surface area (Å²) in [5, 5.41) is 4.94. The number of fused-ring (bicyclic) bond motifs is 3. The zero-order valence-corrected chi connectivity index (χ0v) is 29.0. The van der Waals surface area contributed by atoms with Gasteiger partial charge in [-0.05, 0) is 121 Å². The molecule has 0 aliphatic rings. The minimum absolute atomic E-state index is 0.934. The molecular weight excluding hydrogens is 641 g/mol. The normalized spacial score (nSPS) is 11.4. The Morgan fingerprint density at radius 2 is 0.849 bits per heavy atom. The summed E-state index contributed by atoms with van der Waals surface area (Å²) >= 11 is 0. The summed E-state index contributed by atoms with van der Waals surface area (Å²) in [6.45, 7) is 0. The van der Waals surface area contributed by atoms with E-state index in [1.54, 1.807) is 0 Å². The molecule has 1 heterocycles. The van der Waals surface area contributed by atoms with Crippen LogP contribution in [0.4, 0.5) is 0 Å². The van der Waals surface area contributed by atoms with Crippen LogP contribution in [0.3, 0.4) is 0 Å². The quantitative estimate of drug-likeness (QED) is 0.161. The van der Waals surface area contributed by atoms with Crippen molar-refractivity contribution in [1.29, 1.82) is 0 Å². The van der Waals surface area contributed by atoms with Gasteiger partial charge in [-0.25, -0.2) is 4.98 Å².